The monoisotopic (exact) mass is 1640 g/mol. The number of methoxy groups -OCH3 is 2. The van der Waals surface area contributed by atoms with Gasteiger partial charge in [0.05, 0.1) is 105 Å². The summed E-state index contributed by atoms with van der Waals surface area (Å²) in [7, 11) is -6.17. The highest BCUT2D eigenvalue weighted by Gasteiger charge is 2.46. The molecule has 7 atom stereocenters. The van der Waals surface area contributed by atoms with Crippen molar-refractivity contribution in [3.8, 4) is 40.2 Å². The van der Waals surface area contributed by atoms with E-state index < -0.39 is 80.9 Å². The average Bonchev–Trinajstić information content (AvgIpc) is 1.69. The highest BCUT2D eigenvalue weighted by molar-refractivity contribution is 7.91. The SMILES string of the molecule is COc1cc2c(cc1OCc1cc(COc3cc4c(cc3OC)C(=O)N3Cc5ccccc5C[C@H]3C=N4)cc(OS(=O)(=O)Oc3cc(C(=O)NCCOCCn4cc(COCCNC(=O)c5ccc(C(=O)CCS(=O)(=O)c6ccc(C)cc6)cc5)nn4)ccc3OC3O[C@H](CO)[C@H](O)[C@H](O)[C@H]3O)c1)N=C[C@@H]1Cc3ccccc3CN1C2=O. The van der Waals surface area contributed by atoms with E-state index in [4.69, 9.17) is 56.2 Å². The number of hydrogen-bond acceptors (Lipinski definition) is 27. The van der Waals surface area contributed by atoms with Crippen molar-refractivity contribution in [2.75, 3.05) is 59.5 Å². The van der Waals surface area contributed by atoms with Crippen LogP contribution in [0.4, 0.5) is 11.4 Å². The van der Waals surface area contributed by atoms with Crippen molar-refractivity contribution in [3.05, 3.63) is 236 Å². The molecule has 6 N–H and O–H groups in total. The molecule has 14 rings (SSSR count). The Hall–Kier alpha value is -12.0. The molecule has 1 saturated heterocycles. The van der Waals surface area contributed by atoms with Gasteiger partial charge in [0.2, 0.25) is 6.29 Å². The second-order valence-electron chi connectivity index (χ2n) is 28.2. The number of carbonyl (C=O) groups excluding carboxylic acids is 5. The lowest BCUT2D eigenvalue weighted by atomic mass is 9.94. The zero-order valence-electron chi connectivity index (χ0n) is 63.6. The van der Waals surface area contributed by atoms with Gasteiger partial charge in [-0.05, 0) is 126 Å². The standard InChI is InChI=1S/C83H83N9O23S2/c1-49-12-19-63(20-13-49)116(102,103)29-22-68(94)52-14-16-53(17-15-52)79(98)84-24-27-109-48-59-44-90(89-88-59)25-28-108-26-23-85-80(99)56-18-21-69(112-83-78(97)77(96)76(95)75(45-93)113-83)74(35-56)115-117(104,105)114-62-31-50(46-110-72-38-66-64(36-70(72)106-2)81(100)91-42-57-10-6-4-8-54(57)33-60(91)40-86-66)30-51(32-62)47-111-73-39-67-65(37-71(73)107-3)82(101)92-43-58-11-7-5-9-55(58)34-61(92)41-87-67/h4-21,30-32,35-41,44,60-61,75-78,83,93,95-97H,22-29,33-34,42-43,45-48H2,1-3H3,(H,84,98)(H,85,99)/t60-,61-,75+,76-,77-,78+,83?/m0/s1. The Morgan fingerprint density at radius 2 is 1.13 bits per heavy atom. The fourth-order valence-corrected chi connectivity index (χ4v) is 15.9. The fourth-order valence-electron chi connectivity index (χ4n) is 13.9. The van der Waals surface area contributed by atoms with Crippen LogP contribution in [0, 0.1) is 6.92 Å². The molecule has 0 bridgehead atoms. The predicted molar refractivity (Wildman–Crippen MR) is 420 cm³/mol. The number of amides is 4. The minimum Gasteiger partial charge on any atom is -0.493 e. The zero-order chi connectivity index (χ0) is 82.1. The smallest absolute Gasteiger partial charge is 0.493 e. The van der Waals surface area contributed by atoms with Gasteiger partial charge in [0.15, 0.2) is 50.1 Å². The number of aliphatic imine (C=N–C) groups is 2. The molecule has 8 aromatic carbocycles. The Morgan fingerprint density at radius 1 is 0.573 bits per heavy atom. The minimum absolute atomic E-state index is 0.00979. The van der Waals surface area contributed by atoms with Crippen molar-refractivity contribution in [1.29, 1.82) is 0 Å². The molecular weight excluding hydrogens is 1560 g/mol. The topological polar surface area (TPSA) is 413 Å². The number of ketones is 1. The quantitative estimate of drug-likeness (QED) is 0.0185. The van der Waals surface area contributed by atoms with E-state index in [0.717, 1.165) is 39.9 Å². The number of ether oxygens (including phenoxy) is 8. The van der Waals surface area contributed by atoms with E-state index in [-0.39, 0.29) is 163 Å². The Balaban J connectivity index is 0.626. The number of Topliss-reactive ketones (excluding diaryl/α,β-unsaturated/α-hetero) is 1. The van der Waals surface area contributed by atoms with Crippen molar-refractivity contribution >= 4 is 73.5 Å². The van der Waals surface area contributed by atoms with E-state index in [1.165, 1.54) is 73.5 Å². The normalized spacial score (nSPS) is 18.6. The Bertz CT molecular complexity index is 5350. The second kappa shape index (κ2) is 36.0. The van der Waals surface area contributed by atoms with Gasteiger partial charge in [-0.15, -0.1) is 13.5 Å². The Morgan fingerprint density at radius 3 is 1.71 bits per heavy atom. The van der Waals surface area contributed by atoms with Crippen LogP contribution in [-0.4, -0.2) is 206 Å². The molecule has 1 aromatic heterocycles. The number of hydrogen-bond donors (Lipinski definition) is 6. The maximum Gasteiger partial charge on any atom is 0.501 e. The van der Waals surface area contributed by atoms with Gasteiger partial charge in [0, 0.05) is 73.9 Å². The van der Waals surface area contributed by atoms with Gasteiger partial charge in [0.25, 0.3) is 23.6 Å². The van der Waals surface area contributed by atoms with Crippen molar-refractivity contribution in [3.63, 3.8) is 0 Å². The first-order valence-corrected chi connectivity index (χ1v) is 40.4. The van der Waals surface area contributed by atoms with E-state index in [1.54, 1.807) is 70.9 Å². The fraction of sp³-hybridized carbons (Fsp3) is 0.313. The number of aromatic nitrogens is 3. The summed E-state index contributed by atoms with van der Waals surface area (Å²) >= 11 is 0. The van der Waals surface area contributed by atoms with Crippen LogP contribution in [0.25, 0.3) is 0 Å². The molecule has 32 nitrogen and oxygen atoms in total. The van der Waals surface area contributed by atoms with Crippen LogP contribution >= 0.6 is 0 Å². The van der Waals surface area contributed by atoms with Crippen LogP contribution in [0.3, 0.4) is 0 Å². The number of benzene rings is 8. The van der Waals surface area contributed by atoms with E-state index in [2.05, 4.69) is 20.9 Å². The first-order chi connectivity index (χ1) is 56.5. The number of aliphatic hydroxyl groups is 4. The molecule has 0 aliphatic carbocycles. The van der Waals surface area contributed by atoms with Crippen LogP contribution < -0.4 is 42.7 Å². The van der Waals surface area contributed by atoms with Crippen LogP contribution in [-0.2, 0) is 86.7 Å². The first kappa shape index (κ1) is 81.6. The molecule has 4 amide bonds. The summed E-state index contributed by atoms with van der Waals surface area (Å²) in [4.78, 5) is 81.3. The molecule has 610 valence electrons. The molecule has 0 spiro atoms. The molecule has 0 radical (unpaired) electrons. The lowest BCUT2D eigenvalue weighted by molar-refractivity contribution is -0.277. The van der Waals surface area contributed by atoms with Crippen molar-refractivity contribution in [1.82, 2.24) is 35.4 Å². The Kier molecular flexibility index (Phi) is 25.1. The van der Waals surface area contributed by atoms with E-state index in [0.29, 0.717) is 54.1 Å². The molecule has 34 heteroatoms. The molecule has 5 aliphatic heterocycles. The molecule has 1 unspecified atom stereocenters. The third kappa shape index (κ3) is 19.3. The third-order valence-electron chi connectivity index (χ3n) is 20.2. The molecular formula is C83H83N9O23S2. The lowest BCUT2D eigenvalue weighted by Gasteiger charge is -2.39. The van der Waals surface area contributed by atoms with Gasteiger partial charge >= 0.3 is 10.4 Å². The van der Waals surface area contributed by atoms with Crippen molar-refractivity contribution in [2.24, 2.45) is 9.98 Å². The number of aryl methyl sites for hydroxylation is 1. The zero-order valence-corrected chi connectivity index (χ0v) is 65.2. The summed E-state index contributed by atoms with van der Waals surface area (Å²) in [6, 6.07) is 41.4. The van der Waals surface area contributed by atoms with E-state index in [9.17, 15) is 61.2 Å². The van der Waals surface area contributed by atoms with Gasteiger partial charge in [-0.25, -0.2) is 13.1 Å². The number of carbonyl (C=O) groups is 5. The maximum absolute atomic E-state index is 14.6. The van der Waals surface area contributed by atoms with Crippen LogP contribution in [0.1, 0.15) is 103 Å². The van der Waals surface area contributed by atoms with Gasteiger partial charge < -0.3 is 87.1 Å². The van der Waals surface area contributed by atoms with Gasteiger partial charge in [-0.3, -0.25) is 34.0 Å². The molecule has 9 aromatic rings. The van der Waals surface area contributed by atoms with Crippen LogP contribution in [0.2, 0.25) is 0 Å². The van der Waals surface area contributed by atoms with Crippen molar-refractivity contribution < 1.29 is 107 Å². The third-order valence-corrected chi connectivity index (χ3v) is 22.7. The van der Waals surface area contributed by atoms with Gasteiger partial charge in [-0.2, -0.15) is 0 Å². The highest BCUT2D eigenvalue weighted by Crippen LogP contribution is 2.42. The first-order valence-electron chi connectivity index (χ1n) is 37.4. The average molecular weight is 1640 g/mol. The molecule has 6 heterocycles. The largest absolute Gasteiger partial charge is 0.501 e. The number of sulfone groups is 1. The number of fused-ring (bicyclic) bond motifs is 6. The summed E-state index contributed by atoms with van der Waals surface area (Å²) in [5, 5.41) is 55.9. The second-order valence-corrected chi connectivity index (χ2v) is 31.4. The summed E-state index contributed by atoms with van der Waals surface area (Å²) in [5.41, 5.74) is 7.84. The van der Waals surface area contributed by atoms with Crippen molar-refractivity contribution in [2.45, 2.75) is 113 Å². The molecule has 1 fully saturated rings. The summed E-state index contributed by atoms with van der Waals surface area (Å²) in [6.45, 7) is 1.81. The predicted octanol–water partition coefficient (Wildman–Crippen LogP) is 6.65. The summed E-state index contributed by atoms with van der Waals surface area (Å²) in [6.07, 6.45) is -2.97. The lowest BCUT2D eigenvalue weighted by Crippen LogP contribution is -2.60. The molecule has 0 saturated carbocycles. The molecule has 117 heavy (non-hydrogen) atoms. The molecule has 5 aliphatic rings. The summed E-state index contributed by atoms with van der Waals surface area (Å²) < 4.78 is 115. The van der Waals surface area contributed by atoms with E-state index >= 15 is 0 Å². The number of rotatable bonds is 33. The van der Waals surface area contributed by atoms with Gasteiger partial charge in [0.1, 0.15) is 49.1 Å². The number of aliphatic hydroxyl groups excluding tert-OH is 4. The number of nitrogens with zero attached hydrogens (tertiary/aromatic N) is 7. The minimum atomic E-state index is -5.34. The van der Waals surface area contributed by atoms with Crippen LogP contribution in [0.15, 0.2) is 179 Å². The van der Waals surface area contributed by atoms with E-state index in [1.807, 2.05) is 55.5 Å². The number of nitrogens with one attached hydrogen (secondary N) is 2. The van der Waals surface area contributed by atoms with Crippen LogP contribution in [0.5, 0.6) is 40.2 Å². The maximum atomic E-state index is 14.6. The highest BCUT2D eigenvalue weighted by atomic mass is 32.3. The Labute approximate surface area is 672 Å². The van der Waals surface area contributed by atoms with Gasteiger partial charge in [-0.1, -0.05) is 83.6 Å². The summed E-state index contributed by atoms with van der Waals surface area (Å²) in [5.74, 6) is -3.22.